The number of nitrogens with one attached hydrogen (secondary N) is 2. The number of aryl methyl sites for hydroxylation is 1. The zero-order valence-corrected chi connectivity index (χ0v) is 17.8. The van der Waals surface area contributed by atoms with Crippen LogP contribution in [0.25, 0.3) is 0 Å². The highest BCUT2D eigenvalue weighted by atomic mass is 32.2. The number of benzene rings is 2. The molecule has 0 saturated heterocycles. The lowest BCUT2D eigenvalue weighted by molar-refractivity contribution is -0.117. The average molecular weight is 430 g/mol. The number of rotatable bonds is 11. The van der Waals surface area contributed by atoms with E-state index in [0.717, 1.165) is 5.56 Å². The largest absolute Gasteiger partial charge is 0.353 e. The number of amides is 2. The first-order valence-corrected chi connectivity index (χ1v) is 11.1. The van der Waals surface area contributed by atoms with E-state index in [1.807, 2.05) is 30.3 Å². The SMILES string of the molecule is C=CC(=O)NCCCN(C)S(=O)(=O)c1cccc(NC(=O)CCc2ccccc2)c1. The minimum Gasteiger partial charge on any atom is -0.353 e. The molecular weight excluding hydrogens is 402 g/mol. The summed E-state index contributed by atoms with van der Waals surface area (Å²) in [4.78, 5) is 23.5. The van der Waals surface area contributed by atoms with Crippen LogP contribution in [0.15, 0.2) is 72.1 Å². The smallest absolute Gasteiger partial charge is 0.243 e. The van der Waals surface area contributed by atoms with Gasteiger partial charge in [0.15, 0.2) is 0 Å². The molecule has 2 N–H and O–H groups in total. The molecule has 2 aromatic rings. The van der Waals surface area contributed by atoms with Crippen LogP contribution in [0.3, 0.4) is 0 Å². The third-order valence-corrected chi connectivity index (χ3v) is 6.30. The van der Waals surface area contributed by atoms with Gasteiger partial charge in [0.25, 0.3) is 0 Å². The van der Waals surface area contributed by atoms with Crippen molar-refractivity contribution in [1.82, 2.24) is 9.62 Å². The van der Waals surface area contributed by atoms with Crippen LogP contribution in [0.5, 0.6) is 0 Å². The van der Waals surface area contributed by atoms with Crippen LogP contribution in [0, 0.1) is 0 Å². The highest BCUT2D eigenvalue weighted by molar-refractivity contribution is 7.89. The predicted octanol–water partition coefficient (Wildman–Crippen LogP) is 2.57. The Morgan fingerprint density at radius 1 is 1.10 bits per heavy atom. The fourth-order valence-electron chi connectivity index (χ4n) is 2.75. The van der Waals surface area contributed by atoms with Crippen LogP contribution < -0.4 is 10.6 Å². The summed E-state index contributed by atoms with van der Waals surface area (Å²) in [5.41, 5.74) is 1.50. The molecule has 0 fully saturated rings. The second-order valence-electron chi connectivity index (χ2n) is 6.74. The third-order valence-electron chi connectivity index (χ3n) is 4.44. The summed E-state index contributed by atoms with van der Waals surface area (Å²) in [6.45, 7) is 3.95. The van der Waals surface area contributed by atoms with Gasteiger partial charge < -0.3 is 10.6 Å². The zero-order chi connectivity index (χ0) is 22.0. The summed E-state index contributed by atoms with van der Waals surface area (Å²) in [7, 11) is -2.23. The van der Waals surface area contributed by atoms with Crippen LogP contribution in [-0.4, -0.2) is 44.7 Å². The molecule has 0 aliphatic rings. The van der Waals surface area contributed by atoms with Gasteiger partial charge in [0.1, 0.15) is 0 Å². The van der Waals surface area contributed by atoms with Gasteiger partial charge in [-0.25, -0.2) is 12.7 Å². The number of hydrogen-bond donors (Lipinski definition) is 2. The minimum absolute atomic E-state index is 0.0981. The van der Waals surface area contributed by atoms with E-state index >= 15 is 0 Å². The maximum atomic E-state index is 12.8. The normalized spacial score (nSPS) is 11.1. The maximum absolute atomic E-state index is 12.8. The third kappa shape index (κ3) is 7.13. The van der Waals surface area contributed by atoms with E-state index in [-0.39, 0.29) is 23.3 Å². The Bertz CT molecular complexity index is 975. The van der Waals surface area contributed by atoms with Crippen molar-refractivity contribution in [3.63, 3.8) is 0 Å². The molecule has 0 atom stereocenters. The highest BCUT2D eigenvalue weighted by Crippen LogP contribution is 2.19. The first-order valence-electron chi connectivity index (χ1n) is 9.63. The maximum Gasteiger partial charge on any atom is 0.243 e. The predicted molar refractivity (Wildman–Crippen MR) is 117 cm³/mol. The van der Waals surface area contributed by atoms with Crippen molar-refractivity contribution in [2.24, 2.45) is 0 Å². The van der Waals surface area contributed by atoms with Gasteiger partial charge in [0.05, 0.1) is 4.90 Å². The molecule has 0 saturated carbocycles. The van der Waals surface area contributed by atoms with E-state index < -0.39 is 10.0 Å². The number of carbonyl (C=O) groups excluding carboxylic acids is 2. The van der Waals surface area contributed by atoms with Gasteiger partial charge in [-0.05, 0) is 42.7 Å². The monoisotopic (exact) mass is 429 g/mol. The van der Waals surface area contributed by atoms with E-state index in [1.54, 1.807) is 12.1 Å². The van der Waals surface area contributed by atoms with Crippen molar-refractivity contribution in [3.8, 4) is 0 Å². The molecule has 0 spiro atoms. The fraction of sp³-hybridized carbons (Fsp3) is 0.273. The molecule has 2 rings (SSSR count). The minimum atomic E-state index is -3.71. The fourth-order valence-corrected chi connectivity index (χ4v) is 4.00. The molecule has 0 aromatic heterocycles. The van der Waals surface area contributed by atoms with Gasteiger partial charge in [0.2, 0.25) is 21.8 Å². The lowest BCUT2D eigenvalue weighted by Crippen LogP contribution is -2.31. The van der Waals surface area contributed by atoms with Gasteiger partial charge >= 0.3 is 0 Å². The summed E-state index contributed by atoms with van der Waals surface area (Å²) < 4.78 is 26.8. The summed E-state index contributed by atoms with van der Waals surface area (Å²) in [6.07, 6.45) is 2.54. The summed E-state index contributed by atoms with van der Waals surface area (Å²) in [5, 5.41) is 5.36. The summed E-state index contributed by atoms with van der Waals surface area (Å²) >= 11 is 0. The van der Waals surface area contributed by atoms with E-state index in [1.165, 1.54) is 29.6 Å². The number of hydrogen-bond acceptors (Lipinski definition) is 4. The Hall–Kier alpha value is -2.97. The van der Waals surface area contributed by atoms with Crippen molar-refractivity contribution in [2.45, 2.75) is 24.2 Å². The van der Waals surface area contributed by atoms with E-state index in [0.29, 0.717) is 31.5 Å². The number of sulfonamides is 1. The van der Waals surface area contributed by atoms with Crippen LogP contribution in [-0.2, 0) is 26.0 Å². The molecule has 0 radical (unpaired) electrons. The summed E-state index contributed by atoms with van der Waals surface area (Å²) in [6, 6.07) is 15.9. The van der Waals surface area contributed by atoms with Crippen molar-refractivity contribution in [3.05, 3.63) is 72.8 Å². The Balaban J connectivity index is 1.93. The van der Waals surface area contributed by atoms with Crippen LogP contribution in [0.1, 0.15) is 18.4 Å². The molecule has 0 heterocycles. The topological polar surface area (TPSA) is 95.6 Å². The first kappa shape index (κ1) is 23.3. The molecule has 2 amide bonds. The van der Waals surface area contributed by atoms with Gasteiger partial charge in [-0.2, -0.15) is 0 Å². The van der Waals surface area contributed by atoms with Crippen LogP contribution >= 0.6 is 0 Å². The first-order chi connectivity index (χ1) is 14.3. The zero-order valence-electron chi connectivity index (χ0n) is 17.0. The van der Waals surface area contributed by atoms with Crippen molar-refractivity contribution in [1.29, 1.82) is 0 Å². The molecule has 8 heteroatoms. The van der Waals surface area contributed by atoms with Crippen LogP contribution in [0.2, 0.25) is 0 Å². The molecule has 0 aliphatic carbocycles. The summed E-state index contributed by atoms with van der Waals surface area (Å²) in [5.74, 6) is -0.476. The number of carbonyl (C=O) groups is 2. The van der Waals surface area contributed by atoms with Gasteiger partial charge in [0, 0.05) is 32.2 Å². The van der Waals surface area contributed by atoms with Crippen molar-refractivity contribution < 1.29 is 18.0 Å². The van der Waals surface area contributed by atoms with Gasteiger partial charge in [-0.1, -0.05) is 43.0 Å². The standard InChI is InChI=1S/C22H27N3O4S/c1-3-21(26)23-15-8-16-25(2)30(28,29)20-12-7-11-19(17-20)24-22(27)14-13-18-9-5-4-6-10-18/h3-7,9-12,17H,1,8,13-16H2,2H3,(H,23,26)(H,24,27). The van der Waals surface area contributed by atoms with E-state index in [4.69, 9.17) is 0 Å². The Morgan fingerprint density at radius 3 is 2.53 bits per heavy atom. The lowest BCUT2D eigenvalue weighted by atomic mass is 10.1. The molecule has 2 aromatic carbocycles. The molecule has 160 valence electrons. The van der Waals surface area contributed by atoms with E-state index in [2.05, 4.69) is 17.2 Å². The Morgan fingerprint density at radius 2 is 1.83 bits per heavy atom. The number of nitrogens with zero attached hydrogens (tertiary/aromatic N) is 1. The second-order valence-corrected chi connectivity index (χ2v) is 8.78. The molecule has 0 bridgehead atoms. The molecular formula is C22H27N3O4S. The average Bonchev–Trinajstić information content (AvgIpc) is 2.75. The molecule has 7 nitrogen and oxygen atoms in total. The highest BCUT2D eigenvalue weighted by Gasteiger charge is 2.21. The van der Waals surface area contributed by atoms with Crippen molar-refractivity contribution >= 4 is 27.5 Å². The second kappa shape index (κ2) is 11.3. The number of anilines is 1. The Labute approximate surface area is 177 Å². The van der Waals surface area contributed by atoms with Crippen molar-refractivity contribution in [2.75, 3.05) is 25.5 Å². The van der Waals surface area contributed by atoms with E-state index in [9.17, 15) is 18.0 Å². The van der Waals surface area contributed by atoms with Gasteiger partial charge in [-0.15, -0.1) is 0 Å². The lowest BCUT2D eigenvalue weighted by Gasteiger charge is -2.18. The Kier molecular flexibility index (Phi) is 8.76. The van der Waals surface area contributed by atoms with Gasteiger partial charge in [-0.3, -0.25) is 9.59 Å². The quantitative estimate of drug-likeness (QED) is 0.424. The molecule has 0 unspecified atom stereocenters. The molecule has 30 heavy (non-hydrogen) atoms. The molecule has 0 aliphatic heterocycles. The van der Waals surface area contributed by atoms with Crippen LogP contribution in [0.4, 0.5) is 5.69 Å².